The number of ether oxygens (including phenoxy) is 1. The molecule has 1 saturated heterocycles. The number of hydrogen-bond acceptors (Lipinski definition) is 2. The van der Waals surface area contributed by atoms with Gasteiger partial charge in [0.2, 0.25) is 0 Å². The van der Waals surface area contributed by atoms with Gasteiger partial charge in [-0.3, -0.25) is 9.34 Å². The zero-order valence-corrected chi connectivity index (χ0v) is 22.3. The molecule has 1 aliphatic heterocycles. The quantitative estimate of drug-likeness (QED) is 0.252. The number of rotatable bonds is 9. The topological polar surface area (TPSA) is 19.0 Å². The first kappa shape index (κ1) is 24.8. The Morgan fingerprint density at radius 1 is 0.769 bits per heavy atom. The van der Waals surface area contributed by atoms with Crippen molar-refractivity contribution in [1.82, 2.24) is 9.34 Å². The summed E-state index contributed by atoms with van der Waals surface area (Å²) in [6.45, 7) is 30.5. The van der Waals surface area contributed by atoms with E-state index in [0.717, 1.165) is 0 Å². The van der Waals surface area contributed by atoms with E-state index in [1.807, 2.05) is 0 Å². The standard InChI is InChI=1S/C20H45N2OPSSi/c1-14(2)19-20(23-19,26(11,12)13)24(25,21(15(3)4)16(5)6)22(17(7)8)18(9)10/h14-19H,1-13H3. The van der Waals surface area contributed by atoms with Crippen LogP contribution < -0.4 is 0 Å². The molecule has 0 aromatic carbocycles. The molecule has 1 rings (SSSR count). The molecule has 0 aromatic rings. The van der Waals surface area contributed by atoms with Gasteiger partial charge in [-0.05, 0) is 61.3 Å². The zero-order chi connectivity index (χ0) is 20.8. The molecular formula is C20H45N2OPSSi. The van der Waals surface area contributed by atoms with Crippen LogP contribution >= 0.6 is 6.34 Å². The number of nitrogens with zero attached hydrogens (tertiary/aromatic N) is 2. The molecule has 6 heteroatoms. The molecule has 1 heterocycles. The van der Waals surface area contributed by atoms with Gasteiger partial charge in [-0.2, -0.15) is 0 Å². The van der Waals surface area contributed by atoms with E-state index in [1.165, 1.54) is 0 Å². The van der Waals surface area contributed by atoms with Crippen LogP contribution in [0.3, 0.4) is 0 Å². The molecule has 1 aliphatic rings. The Morgan fingerprint density at radius 2 is 1.08 bits per heavy atom. The molecule has 0 aromatic heterocycles. The van der Waals surface area contributed by atoms with Crippen LogP contribution in [0.1, 0.15) is 69.2 Å². The van der Waals surface area contributed by atoms with Crippen molar-refractivity contribution in [1.29, 1.82) is 0 Å². The lowest BCUT2D eigenvalue weighted by atomic mass is 10.1. The average Bonchev–Trinajstić information content (AvgIpc) is 3.12. The first-order valence-electron chi connectivity index (χ1n) is 10.4. The van der Waals surface area contributed by atoms with Crippen molar-refractivity contribution in [2.75, 3.05) is 0 Å². The highest BCUT2D eigenvalue weighted by Gasteiger charge is 2.75. The highest BCUT2D eigenvalue weighted by atomic mass is 32.4. The minimum atomic E-state index is -2.15. The van der Waals surface area contributed by atoms with E-state index in [-0.39, 0.29) is 4.97 Å². The van der Waals surface area contributed by atoms with Gasteiger partial charge in [-0.25, -0.2) is 0 Å². The second-order valence-electron chi connectivity index (χ2n) is 10.4. The first-order chi connectivity index (χ1) is 11.6. The van der Waals surface area contributed by atoms with Crippen molar-refractivity contribution >= 4 is 26.2 Å². The van der Waals surface area contributed by atoms with E-state index in [0.29, 0.717) is 36.2 Å². The highest BCUT2D eigenvalue weighted by Crippen LogP contribution is 2.78. The van der Waals surface area contributed by atoms with E-state index in [9.17, 15) is 0 Å². The predicted octanol–water partition coefficient (Wildman–Crippen LogP) is 6.16. The largest absolute Gasteiger partial charge is 0.361 e. The molecule has 0 amide bonds. The van der Waals surface area contributed by atoms with Crippen LogP contribution in [0.5, 0.6) is 0 Å². The molecule has 0 bridgehead atoms. The Hall–Kier alpha value is 0.747. The Morgan fingerprint density at radius 3 is 1.23 bits per heavy atom. The second-order valence-corrected chi connectivity index (χ2v) is 20.3. The Kier molecular flexibility index (Phi) is 7.85. The third-order valence-electron chi connectivity index (χ3n) is 5.49. The maximum atomic E-state index is 6.87. The van der Waals surface area contributed by atoms with Crippen molar-refractivity contribution < 1.29 is 4.74 Å². The van der Waals surface area contributed by atoms with Gasteiger partial charge >= 0.3 is 0 Å². The summed E-state index contributed by atoms with van der Waals surface area (Å²) in [5, 5.41) is 0. The maximum absolute atomic E-state index is 6.87. The fraction of sp³-hybridized carbons (Fsp3) is 1.00. The molecule has 0 radical (unpaired) electrons. The molecule has 156 valence electrons. The summed E-state index contributed by atoms with van der Waals surface area (Å²) in [7, 11) is -1.70. The van der Waals surface area contributed by atoms with Gasteiger partial charge in [-0.1, -0.05) is 45.3 Å². The van der Waals surface area contributed by atoms with Crippen molar-refractivity contribution in [3.63, 3.8) is 0 Å². The molecule has 0 saturated carbocycles. The third kappa shape index (κ3) is 3.91. The van der Waals surface area contributed by atoms with Gasteiger partial charge in [-0.15, -0.1) is 0 Å². The van der Waals surface area contributed by atoms with Crippen LogP contribution in [0.2, 0.25) is 19.6 Å². The Bertz CT molecular complexity index is 490. The van der Waals surface area contributed by atoms with Crippen LogP contribution in [0.4, 0.5) is 0 Å². The van der Waals surface area contributed by atoms with E-state index in [2.05, 4.69) is 98.2 Å². The lowest BCUT2D eigenvalue weighted by Crippen LogP contribution is -2.56. The van der Waals surface area contributed by atoms with E-state index in [1.54, 1.807) is 0 Å². The molecule has 1 fully saturated rings. The van der Waals surface area contributed by atoms with E-state index < -0.39 is 14.4 Å². The summed E-state index contributed by atoms with van der Waals surface area (Å²) in [6.07, 6.45) is -1.86. The minimum Gasteiger partial charge on any atom is -0.361 e. The summed E-state index contributed by atoms with van der Waals surface area (Å²) in [5.41, 5.74) is 0. The smallest absolute Gasteiger partial charge is 0.136 e. The van der Waals surface area contributed by atoms with E-state index >= 15 is 0 Å². The fourth-order valence-corrected chi connectivity index (χ4v) is 20.3. The molecule has 3 nitrogen and oxygen atoms in total. The molecule has 0 spiro atoms. The second kappa shape index (κ2) is 8.24. The van der Waals surface area contributed by atoms with Gasteiger partial charge in [0.05, 0.1) is 14.2 Å². The fourth-order valence-electron chi connectivity index (χ4n) is 4.93. The minimum absolute atomic E-state index is 0.132. The highest BCUT2D eigenvalue weighted by molar-refractivity contribution is 8.14. The summed E-state index contributed by atoms with van der Waals surface area (Å²) in [4.78, 5) is -0.132. The van der Waals surface area contributed by atoms with Gasteiger partial charge in [0.15, 0.2) is 0 Å². The zero-order valence-electron chi connectivity index (χ0n) is 19.6. The molecular weight excluding hydrogens is 375 g/mol. The van der Waals surface area contributed by atoms with Crippen LogP contribution in [-0.4, -0.2) is 52.7 Å². The summed E-state index contributed by atoms with van der Waals surface area (Å²) < 4.78 is 12.1. The van der Waals surface area contributed by atoms with Crippen LogP contribution in [0.25, 0.3) is 0 Å². The number of epoxide rings is 1. The SMILES string of the molecule is CC(C)C1OC1([Si](C)(C)C)P(=S)(N(C(C)C)C(C)C)N(C(C)C)C(C)C. The molecule has 2 unspecified atom stereocenters. The van der Waals surface area contributed by atoms with Crippen LogP contribution in [0, 0.1) is 5.92 Å². The van der Waals surface area contributed by atoms with Crippen molar-refractivity contribution in [3.8, 4) is 0 Å². The van der Waals surface area contributed by atoms with E-state index in [4.69, 9.17) is 16.5 Å². The first-order valence-corrected chi connectivity index (χ1v) is 16.6. The Balaban J connectivity index is 3.83. The lowest BCUT2D eigenvalue weighted by molar-refractivity contribution is 0.241. The van der Waals surface area contributed by atoms with Crippen molar-refractivity contribution in [2.45, 2.75) is 124 Å². The number of hydrogen-bond donors (Lipinski definition) is 0. The summed E-state index contributed by atoms with van der Waals surface area (Å²) in [5.74, 6) is 0.506. The van der Waals surface area contributed by atoms with Crippen LogP contribution in [-0.2, 0) is 16.5 Å². The monoisotopic (exact) mass is 420 g/mol. The predicted molar refractivity (Wildman–Crippen MR) is 124 cm³/mol. The maximum Gasteiger partial charge on any atom is 0.136 e. The summed E-state index contributed by atoms with van der Waals surface area (Å²) >= 11 is 6.87. The van der Waals surface area contributed by atoms with Crippen molar-refractivity contribution in [3.05, 3.63) is 0 Å². The molecule has 0 aliphatic carbocycles. The lowest BCUT2D eigenvalue weighted by Gasteiger charge is -2.55. The van der Waals surface area contributed by atoms with Gasteiger partial charge < -0.3 is 4.74 Å². The summed E-state index contributed by atoms with van der Waals surface area (Å²) in [6, 6.07) is 1.63. The van der Waals surface area contributed by atoms with Gasteiger partial charge in [0.1, 0.15) is 11.3 Å². The van der Waals surface area contributed by atoms with Crippen LogP contribution in [0.15, 0.2) is 0 Å². The molecule has 26 heavy (non-hydrogen) atoms. The van der Waals surface area contributed by atoms with Gasteiger partial charge in [0, 0.05) is 24.2 Å². The average molecular weight is 421 g/mol. The van der Waals surface area contributed by atoms with Crippen molar-refractivity contribution in [2.24, 2.45) is 5.92 Å². The molecule has 2 atom stereocenters. The molecule has 0 N–H and O–H groups in total. The normalized spacial score (nSPS) is 25.0. The third-order valence-corrected chi connectivity index (χ3v) is 17.7. The van der Waals surface area contributed by atoms with Gasteiger partial charge in [0.25, 0.3) is 0 Å². The Labute approximate surface area is 170 Å².